The van der Waals surface area contributed by atoms with E-state index in [9.17, 15) is 4.39 Å². The summed E-state index contributed by atoms with van der Waals surface area (Å²) in [5.41, 5.74) is 3.04. The molecule has 82 valence electrons. The summed E-state index contributed by atoms with van der Waals surface area (Å²) in [5, 5.41) is 0. The lowest BCUT2D eigenvalue weighted by atomic mass is 9.93. The van der Waals surface area contributed by atoms with E-state index in [0.29, 0.717) is 5.92 Å². The molecule has 0 radical (unpaired) electrons. The first-order chi connectivity index (χ1) is 7.68. The van der Waals surface area contributed by atoms with E-state index in [-0.39, 0.29) is 5.82 Å². The van der Waals surface area contributed by atoms with E-state index in [1.807, 2.05) is 18.2 Å². The molecule has 1 nitrogen and oxygen atoms in total. The van der Waals surface area contributed by atoms with E-state index in [2.05, 4.69) is 18.8 Å². The van der Waals surface area contributed by atoms with Crippen LogP contribution in [0.4, 0.5) is 4.39 Å². The first kappa shape index (κ1) is 10.8. The van der Waals surface area contributed by atoms with Gasteiger partial charge in [-0.1, -0.05) is 26.0 Å². The second-order valence-electron chi connectivity index (χ2n) is 4.13. The summed E-state index contributed by atoms with van der Waals surface area (Å²) in [4.78, 5) is 4.07. The molecule has 0 aliphatic rings. The van der Waals surface area contributed by atoms with Crippen LogP contribution in [0, 0.1) is 5.82 Å². The number of nitrogens with zero attached hydrogens (tertiary/aromatic N) is 1. The van der Waals surface area contributed by atoms with Crippen molar-refractivity contribution >= 4 is 0 Å². The van der Waals surface area contributed by atoms with Crippen LogP contribution in [0.25, 0.3) is 11.1 Å². The standard InChI is InChI=1S/C14H14FN/c1-10(2)13-6-5-12(15)8-14(13)11-4-3-7-16-9-11/h3-10H,1-2H3. The highest BCUT2D eigenvalue weighted by Gasteiger charge is 2.09. The number of aromatic nitrogens is 1. The van der Waals surface area contributed by atoms with Crippen molar-refractivity contribution in [2.75, 3.05) is 0 Å². The lowest BCUT2D eigenvalue weighted by molar-refractivity contribution is 0.627. The molecule has 2 aromatic rings. The summed E-state index contributed by atoms with van der Waals surface area (Å²) in [6.07, 6.45) is 3.48. The van der Waals surface area contributed by atoms with Crippen LogP contribution in [0.1, 0.15) is 25.3 Å². The lowest BCUT2D eigenvalue weighted by Gasteiger charge is -2.12. The Labute approximate surface area is 95.0 Å². The SMILES string of the molecule is CC(C)c1ccc(F)cc1-c1cccnc1. The fourth-order valence-electron chi connectivity index (χ4n) is 1.80. The van der Waals surface area contributed by atoms with Crippen molar-refractivity contribution in [3.05, 3.63) is 54.1 Å². The molecule has 0 fully saturated rings. The summed E-state index contributed by atoms with van der Waals surface area (Å²) in [6.45, 7) is 4.21. The van der Waals surface area contributed by atoms with E-state index in [1.165, 1.54) is 6.07 Å². The number of hydrogen-bond acceptors (Lipinski definition) is 1. The van der Waals surface area contributed by atoms with E-state index in [0.717, 1.165) is 16.7 Å². The van der Waals surface area contributed by atoms with Gasteiger partial charge in [0, 0.05) is 18.0 Å². The molecule has 1 aromatic carbocycles. The molecule has 16 heavy (non-hydrogen) atoms. The highest BCUT2D eigenvalue weighted by Crippen LogP contribution is 2.29. The molecule has 0 amide bonds. The maximum absolute atomic E-state index is 13.3. The Morgan fingerprint density at radius 2 is 2.00 bits per heavy atom. The molecule has 0 atom stereocenters. The zero-order valence-corrected chi connectivity index (χ0v) is 9.44. The van der Waals surface area contributed by atoms with Gasteiger partial charge in [-0.2, -0.15) is 0 Å². The number of pyridine rings is 1. The molecular formula is C14H14FN. The predicted octanol–water partition coefficient (Wildman–Crippen LogP) is 4.01. The Balaban J connectivity index is 2.58. The first-order valence-corrected chi connectivity index (χ1v) is 5.38. The molecule has 0 bridgehead atoms. The second kappa shape index (κ2) is 4.44. The average Bonchev–Trinajstić information content (AvgIpc) is 2.29. The van der Waals surface area contributed by atoms with Crippen LogP contribution in [-0.2, 0) is 0 Å². The Kier molecular flexibility index (Phi) is 3.00. The second-order valence-corrected chi connectivity index (χ2v) is 4.13. The maximum Gasteiger partial charge on any atom is 0.123 e. The molecule has 0 spiro atoms. The van der Waals surface area contributed by atoms with Crippen LogP contribution in [0.2, 0.25) is 0 Å². The first-order valence-electron chi connectivity index (χ1n) is 5.38. The minimum atomic E-state index is -0.205. The van der Waals surface area contributed by atoms with Gasteiger partial charge in [0.2, 0.25) is 0 Å². The minimum absolute atomic E-state index is 0.205. The van der Waals surface area contributed by atoms with E-state index < -0.39 is 0 Å². The maximum atomic E-state index is 13.3. The number of benzene rings is 1. The van der Waals surface area contributed by atoms with Crippen LogP contribution in [0.15, 0.2) is 42.7 Å². The van der Waals surface area contributed by atoms with Crippen molar-refractivity contribution in [1.82, 2.24) is 4.98 Å². The van der Waals surface area contributed by atoms with E-state index >= 15 is 0 Å². The molecule has 0 aliphatic carbocycles. The Morgan fingerprint density at radius 3 is 2.62 bits per heavy atom. The summed E-state index contributed by atoms with van der Waals surface area (Å²) >= 11 is 0. The van der Waals surface area contributed by atoms with Gasteiger partial charge in [0.1, 0.15) is 5.82 Å². The molecule has 0 N–H and O–H groups in total. The monoisotopic (exact) mass is 215 g/mol. The van der Waals surface area contributed by atoms with Gasteiger partial charge in [-0.15, -0.1) is 0 Å². The van der Waals surface area contributed by atoms with Gasteiger partial charge in [0.15, 0.2) is 0 Å². The van der Waals surface area contributed by atoms with Crippen molar-refractivity contribution in [2.24, 2.45) is 0 Å². The van der Waals surface area contributed by atoms with Crippen molar-refractivity contribution in [1.29, 1.82) is 0 Å². The Hall–Kier alpha value is -1.70. The van der Waals surface area contributed by atoms with Crippen LogP contribution in [0.3, 0.4) is 0 Å². The van der Waals surface area contributed by atoms with Crippen LogP contribution < -0.4 is 0 Å². The quantitative estimate of drug-likeness (QED) is 0.737. The molecule has 1 heterocycles. The van der Waals surface area contributed by atoms with Crippen molar-refractivity contribution < 1.29 is 4.39 Å². The van der Waals surface area contributed by atoms with Crippen LogP contribution in [0.5, 0.6) is 0 Å². The molecule has 0 saturated heterocycles. The summed E-state index contributed by atoms with van der Waals surface area (Å²) < 4.78 is 13.3. The van der Waals surface area contributed by atoms with Gasteiger partial charge in [-0.3, -0.25) is 4.98 Å². The molecular weight excluding hydrogens is 201 g/mol. The summed E-state index contributed by atoms with van der Waals surface area (Å²) in [6, 6.07) is 8.75. The fraction of sp³-hybridized carbons (Fsp3) is 0.214. The Bertz CT molecular complexity index is 477. The van der Waals surface area contributed by atoms with Gasteiger partial charge < -0.3 is 0 Å². The molecule has 0 unspecified atom stereocenters. The van der Waals surface area contributed by atoms with E-state index in [1.54, 1.807) is 18.5 Å². The third-order valence-electron chi connectivity index (χ3n) is 2.61. The molecule has 2 heteroatoms. The molecule has 1 aromatic heterocycles. The number of halogens is 1. The van der Waals surface area contributed by atoms with Gasteiger partial charge in [0.05, 0.1) is 0 Å². The van der Waals surface area contributed by atoms with Crippen molar-refractivity contribution in [3.63, 3.8) is 0 Å². The van der Waals surface area contributed by atoms with Gasteiger partial charge in [-0.25, -0.2) is 4.39 Å². The fourth-order valence-corrected chi connectivity index (χ4v) is 1.80. The molecule has 2 rings (SSSR count). The highest BCUT2D eigenvalue weighted by molar-refractivity contribution is 5.67. The zero-order valence-electron chi connectivity index (χ0n) is 9.44. The molecule has 0 saturated carbocycles. The smallest absolute Gasteiger partial charge is 0.123 e. The largest absolute Gasteiger partial charge is 0.264 e. The molecule has 0 aliphatic heterocycles. The Morgan fingerprint density at radius 1 is 1.19 bits per heavy atom. The predicted molar refractivity (Wildman–Crippen MR) is 63.7 cm³/mol. The third kappa shape index (κ3) is 2.11. The number of rotatable bonds is 2. The van der Waals surface area contributed by atoms with Crippen molar-refractivity contribution in [3.8, 4) is 11.1 Å². The lowest BCUT2D eigenvalue weighted by Crippen LogP contribution is -1.93. The third-order valence-corrected chi connectivity index (χ3v) is 2.61. The van der Waals surface area contributed by atoms with Gasteiger partial charge in [0.25, 0.3) is 0 Å². The van der Waals surface area contributed by atoms with Crippen LogP contribution >= 0.6 is 0 Å². The van der Waals surface area contributed by atoms with Crippen LogP contribution in [-0.4, -0.2) is 4.98 Å². The van der Waals surface area contributed by atoms with Gasteiger partial charge >= 0.3 is 0 Å². The summed E-state index contributed by atoms with van der Waals surface area (Å²) in [5.74, 6) is 0.166. The average molecular weight is 215 g/mol. The highest BCUT2D eigenvalue weighted by atomic mass is 19.1. The summed E-state index contributed by atoms with van der Waals surface area (Å²) in [7, 11) is 0. The van der Waals surface area contributed by atoms with E-state index in [4.69, 9.17) is 0 Å². The minimum Gasteiger partial charge on any atom is -0.264 e. The topological polar surface area (TPSA) is 12.9 Å². The normalized spacial score (nSPS) is 10.8. The number of hydrogen-bond donors (Lipinski definition) is 0. The zero-order chi connectivity index (χ0) is 11.5. The van der Waals surface area contributed by atoms with Gasteiger partial charge in [-0.05, 0) is 35.2 Å². The van der Waals surface area contributed by atoms with Crippen molar-refractivity contribution in [2.45, 2.75) is 19.8 Å².